The summed E-state index contributed by atoms with van der Waals surface area (Å²) in [6, 6.07) is 3.35. The third kappa shape index (κ3) is 3.21. The van der Waals surface area contributed by atoms with E-state index >= 15 is 0 Å². The van der Waals surface area contributed by atoms with Crippen molar-refractivity contribution in [1.29, 1.82) is 0 Å². The number of hydrogen-bond donors (Lipinski definition) is 0. The van der Waals surface area contributed by atoms with Crippen LogP contribution in [0.1, 0.15) is 30.1 Å². The van der Waals surface area contributed by atoms with Crippen LogP contribution in [-0.2, 0) is 4.74 Å². The van der Waals surface area contributed by atoms with Crippen LogP contribution in [0.4, 0.5) is 0 Å². The van der Waals surface area contributed by atoms with E-state index in [1.165, 1.54) is 6.20 Å². The lowest BCUT2D eigenvalue weighted by Gasteiger charge is -2.23. The number of ether oxygens (including phenoxy) is 1. The molecule has 4 nitrogen and oxygen atoms in total. The summed E-state index contributed by atoms with van der Waals surface area (Å²) in [5, 5.41) is 0.400. The van der Waals surface area contributed by atoms with E-state index in [0.29, 0.717) is 17.3 Å². The maximum Gasteiger partial charge on any atom is 0.255 e. The van der Waals surface area contributed by atoms with Gasteiger partial charge in [0.05, 0.1) is 11.7 Å². The summed E-state index contributed by atoms with van der Waals surface area (Å²) >= 11 is 5.72. The summed E-state index contributed by atoms with van der Waals surface area (Å²) in [4.78, 5) is 18.1. The van der Waals surface area contributed by atoms with Crippen molar-refractivity contribution < 1.29 is 9.53 Å². The standard InChI is InChI=1S/C13H17ClN2O2/c1-2-11-9-16(6-3-7-18-11)13(17)10-4-5-12(14)15-8-10/h4-5,8,11H,2-3,6-7,9H2,1H3. The van der Waals surface area contributed by atoms with Gasteiger partial charge in [-0.15, -0.1) is 0 Å². The van der Waals surface area contributed by atoms with Gasteiger partial charge in [0.15, 0.2) is 0 Å². The van der Waals surface area contributed by atoms with Gasteiger partial charge in [-0.1, -0.05) is 18.5 Å². The SMILES string of the molecule is CCC1CN(C(=O)c2ccc(Cl)nc2)CCCO1. The third-order valence-corrected chi connectivity index (χ3v) is 3.29. The zero-order chi connectivity index (χ0) is 13.0. The Labute approximate surface area is 112 Å². The van der Waals surface area contributed by atoms with Crippen molar-refractivity contribution in [2.45, 2.75) is 25.9 Å². The first-order valence-corrected chi connectivity index (χ1v) is 6.61. The van der Waals surface area contributed by atoms with Crippen LogP contribution in [0.15, 0.2) is 18.3 Å². The maximum absolute atomic E-state index is 12.3. The van der Waals surface area contributed by atoms with Crippen molar-refractivity contribution in [2.75, 3.05) is 19.7 Å². The quantitative estimate of drug-likeness (QED) is 0.774. The summed E-state index contributed by atoms with van der Waals surface area (Å²) in [6.07, 6.45) is 3.46. The molecule has 2 rings (SSSR count). The molecule has 0 aliphatic carbocycles. The second kappa shape index (κ2) is 6.16. The number of hydrogen-bond acceptors (Lipinski definition) is 3. The molecule has 2 heterocycles. The molecule has 1 aromatic heterocycles. The molecular weight excluding hydrogens is 252 g/mol. The molecule has 1 aliphatic rings. The average molecular weight is 269 g/mol. The molecule has 5 heteroatoms. The number of pyridine rings is 1. The van der Waals surface area contributed by atoms with Gasteiger partial charge in [-0.2, -0.15) is 0 Å². The van der Waals surface area contributed by atoms with Crippen LogP contribution in [0.3, 0.4) is 0 Å². The van der Waals surface area contributed by atoms with Gasteiger partial charge in [0.2, 0.25) is 0 Å². The molecule has 0 N–H and O–H groups in total. The Morgan fingerprint density at radius 3 is 3.11 bits per heavy atom. The maximum atomic E-state index is 12.3. The van der Waals surface area contributed by atoms with Gasteiger partial charge >= 0.3 is 0 Å². The molecule has 0 spiro atoms. The fourth-order valence-electron chi connectivity index (χ4n) is 2.01. The Balaban J connectivity index is 2.09. The molecule has 0 aromatic carbocycles. The number of nitrogens with zero attached hydrogens (tertiary/aromatic N) is 2. The van der Waals surface area contributed by atoms with Crippen molar-refractivity contribution >= 4 is 17.5 Å². The van der Waals surface area contributed by atoms with Crippen molar-refractivity contribution in [3.05, 3.63) is 29.0 Å². The van der Waals surface area contributed by atoms with E-state index in [4.69, 9.17) is 16.3 Å². The molecule has 1 unspecified atom stereocenters. The van der Waals surface area contributed by atoms with Crippen LogP contribution in [0.2, 0.25) is 5.15 Å². The highest BCUT2D eigenvalue weighted by Gasteiger charge is 2.22. The highest BCUT2D eigenvalue weighted by molar-refractivity contribution is 6.29. The number of carbonyl (C=O) groups excluding carboxylic acids is 1. The van der Waals surface area contributed by atoms with E-state index in [-0.39, 0.29) is 12.0 Å². The van der Waals surface area contributed by atoms with Crippen LogP contribution >= 0.6 is 11.6 Å². The molecule has 0 radical (unpaired) electrons. The second-order valence-corrected chi connectivity index (χ2v) is 4.76. The lowest BCUT2D eigenvalue weighted by Crippen LogP contribution is -2.36. The summed E-state index contributed by atoms with van der Waals surface area (Å²) in [5.41, 5.74) is 0.580. The first-order valence-electron chi connectivity index (χ1n) is 6.23. The molecule has 1 aliphatic heterocycles. The average Bonchev–Trinajstić information content (AvgIpc) is 2.64. The fourth-order valence-corrected chi connectivity index (χ4v) is 2.12. The molecular formula is C13H17ClN2O2. The number of rotatable bonds is 2. The van der Waals surface area contributed by atoms with E-state index in [9.17, 15) is 4.79 Å². The van der Waals surface area contributed by atoms with Crippen molar-refractivity contribution in [2.24, 2.45) is 0 Å². The van der Waals surface area contributed by atoms with E-state index in [1.54, 1.807) is 12.1 Å². The molecule has 18 heavy (non-hydrogen) atoms. The molecule has 1 saturated heterocycles. The molecule has 0 bridgehead atoms. The van der Waals surface area contributed by atoms with E-state index in [1.807, 2.05) is 4.90 Å². The third-order valence-electron chi connectivity index (χ3n) is 3.07. The van der Waals surface area contributed by atoms with Gasteiger partial charge in [0.1, 0.15) is 5.15 Å². The Bertz CT molecular complexity index is 408. The summed E-state index contributed by atoms with van der Waals surface area (Å²) in [5.74, 6) is 0.00289. The monoisotopic (exact) mass is 268 g/mol. The van der Waals surface area contributed by atoms with E-state index in [2.05, 4.69) is 11.9 Å². The summed E-state index contributed by atoms with van der Waals surface area (Å²) < 4.78 is 5.66. The van der Waals surface area contributed by atoms with Gasteiger partial charge in [-0.05, 0) is 25.0 Å². The molecule has 1 aromatic rings. The first-order chi connectivity index (χ1) is 8.70. The highest BCUT2D eigenvalue weighted by Crippen LogP contribution is 2.13. The summed E-state index contributed by atoms with van der Waals surface area (Å²) in [6.45, 7) is 4.18. The van der Waals surface area contributed by atoms with Crippen LogP contribution < -0.4 is 0 Å². The van der Waals surface area contributed by atoms with Gasteiger partial charge in [0, 0.05) is 25.9 Å². The largest absolute Gasteiger partial charge is 0.376 e. The number of carbonyl (C=O) groups is 1. The van der Waals surface area contributed by atoms with Crippen LogP contribution in [0.5, 0.6) is 0 Å². The van der Waals surface area contributed by atoms with Gasteiger partial charge in [-0.25, -0.2) is 4.98 Å². The zero-order valence-corrected chi connectivity index (χ0v) is 11.2. The van der Waals surface area contributed by atoms with E-state index in [0.717, 1.165) is 26.0 Å². The molecule has 0 saturated carbocycles. The van der Waals surface area contributed by atoms with Gasteiger partial charge < -0.3 is 9.64 Å². The van der Waals surface area contributed by atoms with Crippen LogP contribution in [-0.4, -0.2) is 41.6 Å². The normalized spacial score (nSPS) is 20.6. The molecule has 1 amide bonds. The Morgan fingerprint density at radius 2 is 2.44 bits per heavy atom. The molecule has 98 valence electrons. The van der Waals surface area contributed by atoms with Gasteiger partial charge in [-0.3, -0.25) is 4.79 Å². The van der Waals surface area contributed by atoms with Crippen molar-refractivity contribution in [3.63, 3.8) is 0 Å². The topological polar surface area (TPSA) is 42.4 Å². The number of amides is 1. The summed E-state index contributed by atoms with van der Waals surface area (Å²) in [7, 11) is 0. The second-order valence-electron chi connectivity index (χ2n) is 4.38. The van der Waals surface area contributed by atoms with Crippen LogP contribution in [0.25, 0.3) is 0 Å². The van der Waals surface area contributed by atoms with E-state index < -0.39 is 0 Å². The first kappa shape index (κ1) is 13.3. The highest BCUT2D eigenvalue weighted by atomic mass is 35.5. The van der Waals surface area contributed by atoms with Gasteiger partial charge in [0.25, 0.3) is 5.91 Å². The predicted octanol–water partition coefficient (Wildman–Crippen LogP) is 2.38. The number of aromatic nitrogens is 1. The Hall–Kier alpha value is -1.13. The Morgan fingerprint density at radius 1 is 1.61 bits per heavy atom. The van der Waals surface area contributed by atoms with Crippen molar-refractivity contribution in [3.8, 4) is 0 Å². The lowest BCUT2D eigenvalue weighted by molar-refractivity contribution is 0.0460. The predicted molar refractivity (Wildman–Crippen MR) is 69.8 cm³/mol. The van der Waals surface area contributed by atoms with Crippen molar-refractivity contribution in [1.82, 2.24) is 9.88 Å². The lowest BCUT2D eigenvalue weighted by atomic mass is 10.2. The molecule has 1 atom stereocenters. The Kier molecular flexibility index (Phi) is 4.55. The minimum Gasteiger partial charge on any atom is -0.376 e. The smallest absolute Gasteiger partial charge is 0.255 e. The minimum absolute atomic E-state index is 0.00289. The van der Waals surface area contributed by atoms with Crippen LogP contribution in [0, 0.1) is 0 Å². The molecule has 1 fully saturated rings. The fraction of sp³-hybridized carbons (Fsp3) is 0.538. The zero-order valence-electron chi connectivity index (χ0n) is 10.4. The number of halogens is 1. The minimum atomic E-state index is 0.00289.